The molecule has 0 spiro atoms. The molecule has 0 amide bonds. The highest BCUT2D eigenvalue weighted by atomic mass is 19.1. The molecule has 2 aliphatic carbocycles. The normalized spacial score (nSPS) is 21.3. The van der Waals surface area contributed by atoms with Crippen LogP contribution in [0, 0.1) is 11.8 Å². The zero-order valence-electron chi connectivity index (χ0n) is 17.9. The van der Waals surface area contributed by atoms with Crippen LogP contribution in [0.15, 0.2) is 72.2 Å². The number of aromatic nitrogens is 1. The van der Waals surface area contributed by atoms with E-state index in [4.69, 9.17) is 4.98 Å². The minimum Gasteiger partial charge on any atom is -0.256 e. The van der Waals surface area contributed by atoms with E-state index in [9.17, 15) is 0 Å². The minimum atomic E-state index is -0.396. The first-order valence-electron chi connectivity index (χ1n) is 10.7. The van der Waals surface area contributed by atoms with Gasteiger partial charge in [0.05, 0.1) is 5.69 Å². The lowest BCUT2D eigenvalue weighted by atomic mass is 9.62. The Hall–Kier alpha value is -2.48. The Bertz CT molecular complexity index is 1060. The summed E-state index contributed by atoms with van der Waals surface area (Å²) in [6.07, 6.45) is 10.8. The summed E-state index contributed by atoms with van der Waals surface area (Å²) in [5.74, 6) is 0.415. The lowest BCUT2D eigenvalue weighted by molar-refractivity contribution is 0.453. The average molecular weight is 388 g/mol. The predicted octanol–water partition coefficient (Wildman–Crippen LogP) is 7.70. The van der Waals surface area contributed by atoms with Crippen molar-refractivity contribution in [1.29, 1.82) is 0 Å². The summed E-state index contributed by atoms with van der Waals surface area (Å²) in [6, 6.07) is 8.41. The Morgan fingerprint density at radius 3 is 2.86 bits per heavy atom. The van der Waals surface area contributed by atoms with Gasteiger partial charge in [-0.05, 0) is 66.7 Å². The molecule has 1 nitrogen and oxygen atoms in total. The number of fused-ring (bicyclic) bond motifs is 1. The molecule has 1 aromatic heterocycles. The first kappa shape index (κ1) is 19.8. The van der Waals surface area contributed by atoms with Crippen molar-refractivity contribution in [3.63, 3.8) is 0 Å². The van der Waals surface area contributed by atoms with Gasteiger partial charge in [-0.2, -0.15) is 0 Å². The van der Waals surface area contributed by atoms with Crippen molar-refractivity contribution in [3.8, 4) is 0 Å². The first-order valence-corrected chi connectivity index (χ1v) is 10.7. The third-order valence-corrected chi connectivity index (χ3v) is 6.49. The molecule has 0 saturated carbocycles. The molecule has 0 N–H and O–H groups in total. The van der Waals surface area contributed by atoms with Crippen molar-refractivity contribution >= 4 is 16.3 Å². The second kappa shape index (κ2) is 7.40. The molecule has 2 aromatic rings. The second-order valence-electron chi connectivity index (χ2n) is 9.03. The Kier molecular flexibility index (Phi) is 5.06. The highest BCUT2D eigenvalue weighted by Crippen LogP contribution is 2.54. The predicted molar refractivity (Wildman–Crippen MR) is 121 cm³/mol. The monoisotopic (exact) mass is 387 g/mol. The molecular formula is C27H30FN. The van der Waals surface area contributed by atoms with Crippen LogP contribution in [0.2, 0.25) is 0 Å². The molecule has 2 aliphatic rings. The second-order valence-corrected chi connectivity index (χ2v) is 9.03. The molecular weight excluding hydrogens is 357 g/mol. The SMILES string of the molecule is C=C(C)CC(C=CCC)C1CC=C(F)C2=C1c1nccc3cccc(c13)C2(C)C. The van der Waals surface area contributed by atoms with E-state index in [2.05, 4.69) is 70.7 Å². The molecule has 0 fully saturated rings. The van der Waals surface area contributed by atoms with Crippen molar-refractivity contribution < 1.29 is 4.39 Å². The Morgan fingerprint density at radius 1 is 1.34 bits per heavy atom. The summed E-state index contributed by atoms with van der Waals surface area (Å²) < 4.78 is 15.4. The summed E-state index contributed by atoms with van der Waals surface area (Å²) in [6.45, 7) is 12.7. The Balaban J connectivity index is 2.00. The number of rotatable bonds is 5. The number of benzene rings is 1. The zero-order chi connectivity index (χ0) is 20.8. The summed E-state index contributed by atoms with van der Waals surface area (Å²) in [7, 11) is 0. The molecule has 0 radical (unpaired) electrons. The summed E-state index contributed by atoms with van der Waals surface area (Å²) >= 11 is 0. The van der Waals surface area contributed by atoms with Gasteiger partial charge in [-0.15, -0.1) is 6.58 Å². The van der Waals surface area contributed by atoms with E-state index in [-0.39, 0.29) is 11.7 Å². The van der Waals surface area contributed by atoms with E-state index < -0.39 is 5.41 Å². The van der Waals surface area contributed by atoms with Crippen LogP contribution in [0.25, 0.3) is 16.3 Å². The topological polar surface area (TPSA) is 12.9 Å². The lowest BCUT2D eigenvalue weighted by Crippen LogP contribution is -2.32. The fraction of sp³-hybridized carbons (Fsp3) is 0.370. The molecule has 2 heteroatoms. The van der Waals surface area contributed by atoms with Crippen molar-refractivity contribution in [3.05, 3.63) is 83.5 Å². The smallest absolute Gasteiger partial charge is 0.123 e. The molecule has 150 valence electrons. The van der Waals surface area contributed by atoms with Gasteiger partial charge in [0.2, 0.25) is 0 Å². The maximum absolute atomic E-state index is 15.4. The van der Waals surface area contributed by atoms with E-state index in [1.54, 1.807) is 6.08 Å². The van der Waals surface area contributed by atoms with Gasteiger partial charge in [0.15, 0.2) is 0 Å². The van der Waals surface area contributed by atoms with E-state index in [0.717, 1.165) is 35.3 Å². The molecule has 2 unspecified atom stereocenters. The highest BCUT2D eigenvalue weighted by molar-refractivity contribution is 6.00. The number of pyridine rings is 1. The number of nitrogens with zero attached hydrogens (tertiary/aromatic N) is 1. The van der Waals surface area contributed by atoms with Gasteiger partial charge in [0, 0.05) is 22.6 Å². The van der Waals surface area contributed by atoms with E-state index in [1.807, 2.05) is 6.20 Å². The molecule has 2 atom stereocenters. The summed E-state index contributed by atoms with van der Waals surface area (Å²) in [5, 5.41) is 2.37. The van der Waals surface area contributed by atoms with Crippen LogP contribution in [0.4, 0.5) is 4.39 Å². The molecule has 0 aliphatic heterocycles. The molecule has 0 saturated heterocycles. The van der Waals surface area contributed by atoms with E-state index in [1.165, 1.54) is 16.3 Å². The number of hydrogen-bond donors (Lipinski definition) is 0. The fourth-order valence-corrected chi connectivity index (χ4v) is 5.23. The number of halogens is 1. The van der Waals surface area contributed by atoms with Crippen LogP contribution in [0.1, 0.15) is 58.2 Å². The van der Waals surface area contributed by atoms with Gasteiger partial charge in [0.1, 0.15) is 5.83 Å². The van der Waals surface area contributed by atoms with E-state index in [0.29, 0.717) is 12.3 Å². The van der Waals surface area contributed by atoms with Gasteiger partial charge < -0.3 is 0 Å². The summed E-state index contributed by atoms with van der Waals surface area (Å²) in [4.78, 5) is 4.82. The first-order chi connectivity index (χ1) is 13.9. The van der Waals surface area contributed by atoms with Crippen molar-refractivity contribution in [2.45, 2.75) is 52.4 Å². The molecule has 29 heavy (non-hydrogen) atoms. The number of allylic oxidation sites excluding steroid dienone is 7. The largest absolute Gasteiger partial charge is 0.256 e. The van der Waals surface area contributed by atoms with Crippen LogP contribution < -0.4 is 0 Å². The maximum atomic E-state index is 15.4. The van der Waals surface area contributed by atoms with Gasteiger partial charge >= 0.3 is 0 Å². The zero-order valence-corrected chi connectivity index (χ0v) is 17.9. The lowest BCUT2D eigenvalue weighted by Gasteiger charge is -2.41. The molecule has 4 rings (SSSR count). The van der Waals surface area contributed by atoms with Crippen molar-refractivity contribution in [2.24, 2.45) is 11.8 Å². The van der Waals surface area contributed by atoms with Gasteiger partial charge in [-0.25, -0.2) is 4.39 Å². The van der Waals surface area contributed by atoms with Crippen LogP contribution in [0.3, 0.4) is 0 Å². The van der Waals surface area contributed by atoms with E-state index >= 15 is 4.39 Å². The fourth-order valence-electron chi connectivity index (χ4n) is 5.23. The van der Waals surface area contributed by atoms with Gasteiger partial charge in [-0.3, -0.25) is 4.98 Å². The van der Waals surface area contributed by atoms with Crippen LogP contribution in [-0.2, 0) is 5.41 Å². The third-order valence-electron chi connectivity index (χ3n) is 6.49. The van der Waals surface area contributed by atoms with Crippen molar-refractivity contribution in [1.82, 2.24) is 4.98 Å². The number of hydrogen-bond acceptors (Lipinski definition) is 1. The standard InChI is InChI=1S/C27H30FN/c1-6-7-9-19(16-17(2)3)20-12-13-22(28)25-24(20)26-23-18(14-15-29-26)10-8-11-21(23)27(25,4)5/h7-11,13-15,19-20H,2,6,12,16H2,1,3-5H3. The van der Waals surface area contributed by atoms with Crippen LogP contribution >= 0.6 is 0 Å². The molecule has 0 bridgehead atoms. The average Bonchev–Trinajstić information content (AvgIpc) is 2.69. The van der Waals surface area contributed by atoms with Crippen LogP contribution in [-0.4, -0.2) is 4.98 Å². The minimum absolute atomic E-state index is 0.0805. The van der Waals surface area contributed by atoms with Crippen molar-refractivity contribution in [2.75, 3.05) is 0 Å². The van der Waals surface area contributed by atoms with Gasteiger partial charge in [-0.1, -0.05) is 56.7 Å². The highest BCUT2D eigenvalue weighted by Gasteiger charge is 2.43. The Labute approximate surface area is 173 Å². The maximum Gasteiger partial charge on any atom is 0.123 e. The quantitative estimate of drug-likeness (QED) is 0.479. The van der Waals surface area contributed by atoms with Crippen LogP contribution in [0.5, 0.6) is 0 Å². The Morgan fingerprint density at radius 2 is 2.14 bits per heavy atom. The third kappa shape index (κ3) is 3.19. The molecule has 1 heterocycles. The summed E-state index contributed by atoms with van der Waals surface area (Å²) in [5.41, 5.74) is 4.83. The van der Waals surface area contributed by atoms with Gasteiger partial charge in [0.25, 0.3) is 0 Å². The molecule has 1 aromatic carbocycles.